The number of aromatic nitrogens is 1. The van der Waals surface area contributed by atoms with E-state index in [-0.39, 0.29) is 6.10 Å². The molecule has 0 aliphatic carbocycles. The van der Waals surface area contributed by atoms with E-state index in [1.165, 1.54) is 0 Å². The monoisotopic (exact) mass is 398 g/mol. The van der Waals surface area contributed by atoms with Crippen molar-refractivity contribution in [3.05, 3.63) is 60.5 Å². The summed E-state index contributed by atoms with van der Waals surface area (Å²) >= 11 is 0. The van der Waals surface area contributed by atoms with Crippen LogP contribution in [0.15, 0.2) is 59.3 Å². The molecule has 1 N–H and O–H groups in total. The van der Waals surface area contributed by atoms with Crippen molar-refractivity contribution in [2.24, 2.45) is 0 Å². The fraction of sp³-hybridized carbons (Fsp3) is 0.250. The van der Waals surface area contributed by atoms with E-state index in [4.69, 9.17) is 9.15 Å². The lowest BCUT2D eigenvalue weighted by Gasteiger charge is -2.29. The van der Waals surface area contributed by atoms with E-state index in [1.54, 1.807) is 12.5 Å². The predicted molar refractivity (Wildman–Crippen MR) is 117 cm³/mol. The van der Waals surface area contributed by atoms with Gasteiger partial charge >= 0.3 is 0 Å². The number of furan rings is 1. The van der Waals surface area contributed by atoms with E-state index in [9.17, 15) is 5.26 Å². The number of fused-ring (bicyclic) bond motifs is 2. The smallest absolute Gasteiger partial charge is 0.157 e. The standard InChI is InChI=1S/C24H22N4O2/c1-28-11-8-18(9-12-28)30-21-7-3-5-19-22(21)23(17(14-25)15-26-19)27-20-6-2-4-16-10-13-29-24(16)20/h2-7,10,13,15,18H,8-9,11-12H2,1H3,(H,26,27). The van der Waals surface area contributed by atoms with Crippen molar-refractivity contribution >= 4 is 33.2 Å². The molecule has 5 rings (SSSR count). The van der Waals surface area contributed by atoms with Crippen LogP contribution in [0.3, 0.4) is 0 Å². The predicted octanol–water partition coefficient (Wildman–Crippen LogP) is 5.07. The van der Waals surface area contributed by atoms with Crippen LogP contribution in [-0.2, 0) is 0 Å². The molecule has 1 fully saturated rings. The molecule has 0 saturated carbocycles. The fourth-order valence-corrected chi connectivity index (χ4v) is 4.03. The van der Waals surface area contributed by atoms with Gasteiger partial charge < -0.3 is 19.4 Å². The molecule has 1 saturated heterocycles. The van der Waals surface area contributed by atoms with E-state index in [2.05, 4.69) is 28.3 Å². The van der Waals surface area contributed by atoms with Crippen molar-refractivity contribution in [2.45, 2.75) is 18.9 Å². The first-order chi connectivity index (χ1) is 14.7. The number of ether oxygens (including phenoxy) is 1. The van der Waals surface area contributed by atoms with Gasteiger partial charge in [0.15, 0.2) is 5.58 Å². The maximum Gasteiger partial charge on any atom is 0.157 e. The van der Waals surface area contributed by atoms with Crippen molar-refractivity contribution in [1.29, 1.82) is 5.26 Å². The van der Waals surface area contributed by atoms with Gasteiger partial charge in [-0.1, -0.05) is 18.2 Å². The molecule has 4 aromatic rings. The number of nitrogens with zero attached hydrogens (tertiary/aromatic N) is 3. The summed E-state index contributed by atoms with van der Waals surface area (Å²) in [5.74, 6) is 0.751. The average Bonchev–Trinajstić information content (AvgIpc) is 3.25. The molecule has 0 radical (unpaired) electrons. The van der Waals surface area contributed by atoms with Crippen LogP contribution in [0, 0.1) is 11.3 Å². The Hall–Kier alpha value is -3.56. The van der Waals surface area contributed by atoms with E-state index in [1.807, 2.05) is 42.5 Å². The first kappa shape index (κ1) is 18.5. The molecule has 2 aromatic heterocycles. The van der Waals surface area contributed by atoms with E-state index in [0.717, 1.165) is 59.2 Å². The van der Waals surface area contributed by atoms with Gasteiger partial charge in [0.1, 0.15) is 17.9 Å². The van der Waals surface area contributed by atoms with Crippen LogP contribution in [0.2, 0.25) is 0 Å². The zero-order valence-electron chi connectivity index (χ0n) is 16.8. The second-order valence-corrected chi connectivity index (χ2v) is 7.70. The second-order valence-electron chi connectivity index (χ2n) is 7.70. The average molecular weight is 398 g/mol. The summed E-state index contributed by atoms with van der Waals surface area (Å²) in [5, 5.41) is 15.0. The third-order valence-electron chi connectivity index (χ3n) is 5.67. The maximum atomic E-state index is 9.77. The lowest BCUT2D eigenvalue weighted by Crippen LogP contribution is -2.35. The number of para-hydroxylation sites is 1. The molecule has 0 spiro atoms. The van der Waals surface area contributed by atoms with Crippen LogP contribution in [0.4, 0.5) is 11.4 Å². The molecule has 1 aliphatic rings. The Balaban J connectivity index is 1.61. The van der Waals surface area contributed by atoms with Gasteiger partial charge in [0.2, 0.25) is 0 Å². The van der Waals surface area contributed by atoms with Crippen LogP contribution >= 0.6 is 0 Å². The largest absolute Gasteiger partial charge is 0.490 e. The Kier molecular flexibility index (Phi) is 4.74. The first-order valence-corrected chi connectivity index (χ1v) is 10.1. The van der Waals surface area contributed by atoms with Gasteiger partial charge in [0.05, 0.1) is 34.1 Å². The summed E-state index contributed by atoms with van der Waals surface area (Å²) in [5.41, 5.74) is 3.49. The van der Waals surface area contributed by atoms with Crippen molar-refractivity contribution in [2.75, 3.05) is 25.5 Å². The summed E-state index contributed by atoms with van der Waals surface area (Å²) < 4.78 is 12.1. The zero-order valence-corrected chi connectivity index (χ0v) is 16.8. The Morgan fingerprint density at radius 2 is 2.00 bits per heavy atom. The van der Waals surface area contributed by atoms with Crippen LogP contribution in [-0.4, -0.2) is 36.1 Å². The molecule has 0 amide bonds. The molecular weight excluding hydrogens is 376 g/mol. The molecule has 2 aromatic carbocycles. The quantitative estimate of drug-likeness (QED) is 0.517. The van der Waals surface area contributed by atoms with Crippen LogP contribution < -0.4 is 10.1 Å². The summed E-state index contributed by atoms with van der Waals surface area (Å²) in [7, 11) is 2.13. The van der Waals surface area contributed by atoms with Gasteiger partial charge in [-0.15, -0.1) is 0 Å². The highest BCUT2D eigenvalue weighted by molar-refractivity contribution is 6.02. The molecule has 30 heavy (non-hydrogen) atoms. The normalized spacial score (nSPS) is 15.3. The van der Waals surface area contributed by atoms with Gasteiger partial charge in [0.25, 0.3) is 0 Å². The number of likely N-dealkylation sites (tertiary alicyclic amines) is 1. The minimum Gasteiger partial charge on any atom is -0.490 e. The highest BCUT2D eigenvalue weighted by Crippen LogP contribution is 2.38. The van der Waals surface area contributed by atoms with Gasteiger partial charge in [-0.3, -0.25) is 4.98 Å². The van der Waals surface area contributed by atoms with Crippen molar-refractivity contribution in [3.63, 3.8) is 0 Å². The number of rotatable bonds is 4. The number of nitriles is 1. The van der Waals surface area contributed by atoms with Gasteiger partial charge in [-0.25, -0.2) is 0 Å². The van der Waals surface area contributed by atoms with Gasteiger partial charge in [0, 0.05) is 24.7 Å². The number of pyridine rings is 1. The number of piperidine rings is 1. The molecule has 0 atom stereocenters. The SMILES string of the molecule is CN1CCC(Oc2cccc3ncc(C#N)c(Nc4cccc5ccoc45)c23)CC1. The number of nitrogens with one attached hydrogen (secondary N) is 1. The minimum absolute atomic E-state index is 0.152. The molecular formula is C24H22N4O2. The molecule has 3 heterocycles. The van der Waals surface area contributed by atoms with Gasteiger partial charge in [-0.05, 0) is 44.2 Å². The van der Waals surface area contributed by atoms with Crippen molar-refractivity contribution in [3.8, 4) is 11.8 Å². The lowest BCUT2D eigenvalue weighted by atomic mass is 10.1. The topological polar surface area (TPSA) is 74.3 Å². The Bertz CT molecular complexity index is 1250. The van der Waals surface area contributed by atoms with E-state index < -0.39 is 0 Å². The zero-order chi connectivity index (χ0) is 20.5. The maximum absolute atomic E-state index is 9.77. The van der Waals surface area contributed by atoms with Crippen LogP contribution in [0.25, 0.3) is 21.9 Å². The number of hydrogen-bond donors (Lipinski definition) is 1. The Morgan fingerprint density at radius 3 is 2.83 bits per heavy atom. The third kappa shape index (κ3) is 3.34. The number of benzene rings is 2. The fourth-order valence-electron chi connectivity index (χ4n) is 4.03. The van der Waals surface area contributed by atoms with Gasteiger partial charge in [-0.2, -0.15) is 5.26 Å². The molecule has 0 bridgehead atoms. The Labute approximate surface area is 174 Å². The molecule has 150 valence electrons. The molecule has 6 heteroatoms. The first-order valence-electron chi connectivity index (χ1n) is 10.1. The summed E-state index contributed by atoms with van der Waals surface area (Å²) in [6, 6.07) is 15.9. The number of anilines is 2. The van der Waals surface area contributed by atoms with Crippen molar-refractivity contribution in [1.82, 2.24) is 9.88 Å². The summed E-state index contributed by atoms with van der Waals surface area (Å²) in [4.78, 5) is 6.81. The summed E-state index contributed by atoms with van der Waals surface area (Å²) in [6.07, 6.45) is 5.38. The van der Waals surface area contributed by atoms with Crippen LogP contribution in [0.1, 0.15) is 18.4 Å². The highest BCUT2D eigenvalue weighted by atomic mass is 16.5. The third-order valence-corrected chi connectivity index (χ3v) is 5.67. The minimum atomic E-state index is 0.152. The molecule has 0 unspecified atom stereocenters. The Morgan fingerprint density at radius 1 is 1.17 bits per heavy atom. The van der Waals surface area contributed by atoms with Crippen molar-refractivity contribution < 1.29 is 9.15 Å². The van der Waals surface area contributed by atoms with E-state index >= 15 is 0 Å². The highest BCUT2D eigenvalue weighted by Gasteiger charge is 2.21. The second kappa shape index (κ2) is 7.69. The number of hydrogen-bond acceptors (Lipinski definition) is 6. The van der Waals surface area contributed by atoms with E-state index in [0.29, 0.717) is 11.3 Å². The molecule has 1 aliphatic heterocycles. The molecule has 6 nitrogen and oxygen atoms in total. The van der Waals surface area contributed by atoms with Crippen LogP contribution in [0.5, 0.6) is 5.75 Å². The summed E-state index contributed by atoms with van der Waals surface area (Å²) in [6.45, 7) is 2.03. The lowest BCUT2D eigenvalue weighted by molar-refractivity contribution is 0.116.